The molecular weight excluding hydrogens is 400 g/mol. The van der Waals surface area contributed by atoms with E-state index in [-0.39, 0.29) is 17.4 Å². The number of ether oxygens (including phenoxy) is 1. The van der Waals surface area contributed by atoms with Crippen molar-refractivity contribution in [2.45, 2.75) is 78.9 Å². The van der Waals surface area contributed by atoms with Crippen LogP contribution in [0.3, 0.4) is 0 Å². The first-order chi connectivity index (χ1) is 15.1. The van der Waals surface area contributed by atoms with Crippen LogP contribution in [-0.4, -0.2) is 34.9 Å². The molecule has 0 unspecified atom stereocenters. The Morgan fingerprint density at radius 3 is 2.06 bits per heavy atom. The van der Waals surface area contributed by atoms with Crippen LogP contribution in [0.4, 0.5) is 0 Å². The molecule has 1 N–H and O–H groups in total. The average Bonchev–Trinajstić information content (AvgIpc) is 2.72. The highest BCUT2D eigenvalue weighted by Gasteiger charge is 2.30. The number of hydrogen-bond donors (Lipinski definition) is 1. The van der Waals surface area contributed by atoms with Gasteiger partial charge < -0.3 is 15.0 Å². The smallest absolute Gasteiger partial charge is 0.243 e. The SMILES string of the molecule is CC[C@@H](C(=O)NC(C)(C)C)N(Cc1ccc(C)cc1)C(=O)CCCOc1ccc(C)cc1. The highest BCUT2D eigenvalue weighted by molar-refractivity contribution is 5.88. The fourth-order valence-corrected chi connectivity index (χ4v) is 3.45. The van der Waals surface area contributed by atoms with E-state index in [0.717, 1.165) is 16.9 Å². The number of carbonyl (C=O) groups is 2. The van der Waals surface area contributed by atoms with Crippen LogP contribution in [0.25, 0.3) is 0 Å². The third kappa shape index (κ3) is 8.37. The van der Waals surface area contributed by atoms with Crippen molar-refractivity contribution in [3.63, 3.8) is 0 Å². The summed E-state index contributed by atoms with van der Waals surface area (Å²) in [6.07, 6.45) is 1.48. The van der Waals surface area contributed by atoms with Gasteiger partial charge in [-0.3, -0.25) is 9.59 Å². The summed E-state index contributed by atoms with van der Waals surface area (Å²) in [6.45, 7) is 12.7. The van der Waals surface area contributed by atoms with E-state index < -0.39 is 6.04 Å². The Bertz CT molecular complexity index is 867. The van der Waals surface area contributed by atoms with E-state index in [0.29, 0.717) is 32.4 Å². The minimum absolute atomic E-state index is 0.0333. The van der Waals surface area contributed by atoms with Gasteiger partial charge in [0, 0.05) is 18.5 Å². The fraction of sp³-hybridized carbons (Fsp3) is 0.481. The normalized spacial score (nSPS) is 12.2. The Balaban J connectivity index is 2.07. The van der Waals surface area contributed by atoms with Gasteiger partial charge in [-0.25, -0.2) is 0 Å². The van der Waals surface area contributed by atoms with Gasteiger partial charge in [0.2, 0.25) is 11.8 Å². The molecule has 0 aliphatic carbocycles. The Labute approximate surface area is 193 Å². The molecule has 0 aliphatic heterocycles. The second-order valence-electron chi connectivity index (χ2n) is 9.44. The summed E-state index contributed by atoms with van der Waals surface area (Å²) >= 11 is 0. The molecule has 2 rings (SSSR count). The number of rotatable bonds is 10. The largest absolute Gasteiger partial charge is 0.494 e. The molecule has 0 aliphatic rings. The van der Waals surface area contributed by atoms with Gasteiger partial charge in [-0.05, 0) is 65.2 Å². The van der Waals surface area contributed by atoms with Crippen LogP contribution >= 0.6 is 0 Å². The molecule has 0 fully saturated rings. The van der Waals surface area contributed by atoms with Gasteiger partial charge in [-0.2, -0.15) is 0 Å². The predicted octanol–water partition coefficient (Wildman–Crippen LogP) is 5.18. The quantitative estimate of drug-likeness (QED) is 0.520. The molecule has 0 bridgehead atoms. The molecule has 5 heteroatoms. The van der Waals surface area contributed by atoms with Gasteiger partial charge >= 0.3 is 0 Å². The summed E-state index contributed by atoms with van der Waals surface area (Å²) in [6, 6.07) is 15.5. The number of nitrogens with one attached hydrogen (secondary N) is 1. The van der Waals surface area contributed by atoms with Crippen molar-refractivity contribution >= 4 is 11.8 Å². The zero-order chi connectivity index (χ0) is 23.7. The van der Waals surface area contributed by atoms with Crippen LogP contribution in [0.5, 0.6) is 5.75 Å². The molecule has 0 spiro atoms. The van der Waals surface area contributed by atoms with Crippen molar-refractivity contribution in [3.8, 4) is 5.75 Å². The van der Waals surface area contributed by atoms with E-state index in [9.17, 15) is 9.59 Å². The molecule has 174 valence electrons. The molecule has 1 atom stereocenters. The van der Waals surface area contributed by atoms with Gasteiger partial charge in [-0.1, -0.05) is 54.4 Å². The van der Waals surface area contributed by atoms with E-state index in [2.05, 4.69) is 5.32 Å². The Morgan fingerprint density at radius 2 is 1.53 bits per heavy atom. The number of nitrogens with zero attached hydrogens (tertiary/aromatic N) is 1. The zero-order valence-electron chi connectivity index (χ0n) is 20.4. The Hall–Kier alpha value is -2.82. The van der Waals surface area contributed by atoms with Crippen LogP contribution in [0.1, 0.15) is 63.6 Å². The first-order valence-corrected chi connectivity index (χ1v) is 11.5. The third-order valence-electron chi connectivity index (χ3n) is 5.18. The lowest BCUT2D eigenvalue weighted by atomic mass is 10.0. The third-order valence-corrected chi connectivity index (χ3v) is 5.18. The maximum atomic E-state index is 13.2. The molecule has 0 heterocycles. The molecule has 2 aromatic carbocycles. The second kappa shape index (κ2) is 11.7. The van der Waals surface area contributed by atoms with Crippen molar-refractivity contribution in [2.24, 2.45) is 0 Å². The fourth-order valence-electron chi connectivity index (χ4n) is 3.45. The molecule has 0 radical (unpaired) electrons. The average molecular weight is 439 g/mol. The molecule has 5 nitrogen and oxygen atoms in total. The summed E-state index contributed by atoms with van der Waals surface area (Å²) in [4.78, 5) is 27.9. The van der Waals surface area contributed by atoms with E-state index in [1.54, 1.807) is 4.90 Å². The summed E-state index contributed by atoms with van der Waals surface area (Å²) in [5, 5.41) is 3.04. The van der Waals surface area contributed by atoms with E-state index >= 15 is 0 Å². The van der Waals surface area contributed by atoms with Crippen molar-refractivity contribution in [2.75, 3.05) is 6.61 Å². The topological polar surface area (TPSA) is 58.6 Å². The second-order valence-corrected chi connectivity index (χ2v) is 9.44. The highest BCUT2D eigenvalue weighted by atomic mass is 16.5. The number of aryl methyl sites for hydroxylation is 2. The lowest BCUT2D eigenvalue weighted by Gasteiger charge is -2.33. The van der Waals surface area contributed by atoms with E-state index in [4.69, 9.17) is 4.74 Å². The minimum Gasteiger partial charge on any atom is -0.494 e. The van der Waals surface area contributed by atoms with Crippen molar-refractivity contribution < 1.29 is 14.3 Å². The molecule has 0 saturated heterocycles. The maximum Gasteiger partial charge on any atom is 0.243 e. The van der Waals surface area contributed by atoms with E-state index in [1.807, 2.05) is 90.1 Å². The van der Waals surface area contributed by atoms with Gasteiger partial charge in [0.1, 0.15) is 11.8 Å². The van der Waals surface area contributed by atoms with Crippen LogP contribution in [0.2, 0.25) is 0 Å². The number of benzene rings is 2. The standard InChI is InChI=1S/C27H38N2O3/c1-7-24(26(31)28-27(4,5)6)29(19-22-14-10-20(2)11-15-22)25(30)9-8-18-32-23-16-12-21(3)13-17-23/h10-17,24H,7-9,18-19H2,1-6H3,(H,28,31)/t24-/m0/s1. The highest BCUT2D eigenvalue weighted by Crippen LogP contribution is 2.17. The van der Waals surface area contributed by atoms with Gasteiger partial charge in [-0.15, -0.1) is 0 Å². The number of amides is 2. The molecule has 0 aromatic heterocycles. The van der Waals surface area contributed by atoms with Crippen LogP contribution in [-0.2, 0) is 16.1 Å². The molecule has 32 heavy (non-hydrogen) atoms. The van der Waals surface area contributed by atoms with Crippen molar-refractivity contribution in [3.05, 3.63) is 65.2 Å². The number of carbonyl (C=O) groups excluding carboxylic acids is 2. The van der Waals surface area contributed by atoms with Gasteiger partial charge in [0.05, 0.1) is 6.61 Å². The van der Waals surface area contributed by atoms with Crippen molar-refractivity contribution in [1.29, 1.82) is 0 Å². The molecule has 2 aromatic rings. The zero-order valence-corrected chi connectivity index (χ0v) is 20.4. The van der Waals surface area contributed by atoms with Gasteiger partial charge in [0.15, 0.2) is 0 Å². The van der Waals surface area contributed by atoms with Crippen LogP contribution in [0, 0.1) is 13.8 Å². The number of hydrogen-bond acceptors (Lipinski definition) is 3. The van der Waals surface area contributed by atoms with Crippen LogP contribution < -0.4 is 10.1 Å². The van der Waals surface area contributed by atoms with Crippen LogP contribution in [0.15, 0.2) is 48.5 Å². The van der Waals surface area contributed by atoms with Gasteiger partial charge in [0.25, 0.3) is 0 Å². The lowest BCUT2D eigenvalue weighted by molar-refractivity contribution is -0.142. The molecular formula is C27H38N2O3. The predicted molar refractivity (Wildman–Crippen MR) is 130 cm³/mol. The summed E-state index contributed by atoms with van der Waals surface area (Å²) in [5.41, 5.74) is 3.00. The Kier molecular flexibility index (Phi) is 9.30. The summed E-state index contributed by atoms with van der Waals surface area (Å²) in [5.74, 6) is 0.654. The maximum absolute atomic E-state index is 13.2. The molecule has 2 amide bonds. The van der Waals surface area contributed by atoms with E-state index in [1.165, 1.54) is 5.56 Å². The lowest BCUT2D eigenvalue weighted by Crippen LogP contribution is -2.53. The summed E-state index contributed by atoms with van der Waals surface area (Å²) < 4.78 is 5.77. The van der Waals surface area contributed by atoms with Crippen molar-refractivity contribution in [1.82, 2.24) is 10.2 Å². The first-order valence-electron chi connectivity index (χ1n) is 11.5. The monoisotopic (exact) mass is 438 g/mol. The first kappa shape index (κ1) is 25.4. The molecule has 0 saturated carbocycles. The Morgan fingerprint density at radius 1 is 0.969 bits per heavy atom. The minimum atomic E-state index is -0.513. The summed E-state index contributed by atoms with van der Waals surface area (Å²) in [7, 11) is 0.